The van der Waals surface area contributed by atoms with Gasteiger partial charge in [-0.1, -0.05) is 81.4 Å². The van der Waals surface area contributed by atoms with Gasteiger partial charge in [0.2, 0.25) is 0 Å². The summed E-state index contributed by atoms with van der Waals surface area (Å²) in [5.74, 6) is -0.615. The highest BCUT2D eigenvalue weighted by atomic mass is 28.4. The van der Waals surface area contributed by atoms with Crippen molar-refractivity contribution in [1.29, 1.82) is 0 Å². The zero-order valence-electron chi connectivity index (χ0n) is 24.9. The van der Waals surface area contributed by atoms with Crippen molar-refractivity contribution in [3.63, 3.8) is 0 Å². The van der Waals surface area contributed by atoms with Gasteiger partial charge < -0.3 is 45.1 Å². The van der Waals surface area contributed by atoms with Crippen molar-refractivity contribution in [3.05, 3.63) is 60.7 Å². The number of rotatable bonds is 10. The second-order valence-electron chi connectivity index (χ2n) is 12.2. The number of nitrogens with two attached hydrogens (primary N) is 2. The van der Waals surface area contributed by atoms with Crippen LogP contribution in [0.15, 0.2) is 60.7 Å². The molecule has 2 fully saturated rings. The average Bonchev–Trinajstić information content (AvgIpc) is 2.98. The van der Waals surface area contributed by atoms with E-state index in [9.17, 15) is 15.0 Å². The van der Waals surface area contributed by atoms with Gasteiger partial charge in [0, 0.05) is 6.04 Å². The van der Waals surface area contributed by atoms with E-state index in [0.717, 1.165) is 23.2 Å². The van der Waals surface area contributed by atoms with Crippen molar-refractivity contribution < 1.29 is 38.4 Å². The highest BCUT2D eigenvalue weighted by molar-refractivity contribution is 6.99. The number of esters is 1. The minimum atomic E-state index is -2.97. The molecule has 42 heavy (non-hydrogen) atoms. The average molecular weight is 603 g/mol. The summed E-state index contributed by atoms with van der Waals surface area (Å²) in [6.07, 6.45) is -3.10. The Kier molecular flexibility index (Phi) is 11.0. The monoisotopic (exact) mass is 602 g/mol. The van der Waals surface area contributed by atoms with Crippen LogP contribution in [0.5, 0.6) is 0 Å². The lowest BCUT2D eigenvalue weighted by atomic mass is 9.90. The van der Waals surface area contributed by atoms with E-state index in [2.05, 4.69) is 49.8 Å². The van der Waals surface area contributed by atoms with Crippen LogP contribution in [-0.4, -0.2) is 93.7 Å². The molecule has 1 saturated heterocycles. The molecular weight excluding hydrogens is 556 g/mol. The molecule has 0 radical (unpaired) electrons. The molecule has 11 heteroatoms. The summed E-state index contributed by atoms with van der Waals surface area (Å²) in [4.78, 5) is 11.7. The number of methoxy groups -OCH3 is 1. The van der Waals surface area contributed by atoms with Gasteiger partial charge in [0.25, 0.3) is 8.32 Å². The maximum atomic E-state index is 11.7. The molecule has 1 saturated carbocycles. The highest BCUT2D eigenvalue weighted by Gasteiger charge is 2.54. The minimum Gasteiger partial charge on any atom is -0.467 e. The van der Waals surface area contributed by atoms with Crippen LogP contribution in [-0.2, 0) is 28.2 Å². The van der Waals surface area contributed by atoms with Crippen molar-refractivity contribution in [2.75, 3.05) is 20.3 Å². The third-order valence-corrected chi connectivity index (χ3v) is 13.4. The van der Waals surface area contributed by atoms with Gasteiger partial charge in [-0.3, -0.25) is 0 Å². The quantitative estimate of drug-likeness (QED) is 0.227. The minimum absolute atomic E-state index is 0.270. The number of benzene rings is 2. The van der Waals surface area contributed by atoms with Crippen LogP contribution in [0.2, 0.25) is 5.04 Å². The Labute approximate surface area is 249 Å². The number of ether oxygens (including phenoxy) is 4. The van der Waals surface area contributed by atoms with Crippen LogP contribution >= 0.6 is 0 Å². The van der Waals surface area contributed by atoms with Gasteiger partial charge in [-0.15, -0.1) is 0 Å². The van der Waals surface area contributed by atoms with E-state index in [1.807, 2.05) is 36.4 Å². The normalized spacial score (nSPS) is 30.6. The summed E-state index contributed by atoms with van der Waals surface area (Å²) in [5, 5.41) is 22.7. The lowest BCUT2D eigenvalue weighted by Crippen LogP contribution is -2.71. The lowest BCUT2D eigenvalue weighted by Gasteiger charge is -2.50. The Morgan fingerprint density at radius 3 is 2.12 bits per heavy atom. The SMILES string of the molecule is COC(=O)CO[C@@H]1C(N)C(O[C@H]2CCC[C@@H](N)[C@@H]2O[Si](c2ccccc2)(c2ccccc2)C(C)(C)C)OC(CO)[C@@H]1O. The summed E-state index contributed by atoms with van der Waals surface area (Å²) in [5.41, 5.74) is 13.3. The summed E-state index contributed by atoms with van der Waals surface area (Å²) in [6, 6.07) is 19.4. The van der Waals surface area contributed by atoms with Crippen molar-refractivity contribution >= 4 is 24.7 Å². The highest BCUT2D eigenvalue weighted by Crippen LogP contribution is 2.40. The van der Waals surface area contributed by atoms with Gasteiger partial charge in [-0.25, -0.2) is 4.79 Å². The number of carbonyl (C=O) groups excluding carboxylic acids is 1. The van der Waals surface area contributed by atoms with Crippen molar-refractivity contribution in [2.45, 2.75) is 94.0 Å². The fraction of sp³-hybridized carbons (Fsp3) is 0.581. The predicted octanol–water partition coefficient (Wildman–Crippen LogP) is 0.792. The van der Waals surface area contributed by atoms with Gasteiger partial charge >= 0.3 is 5.97 Å². The molecule has 0 amide bonds. The van der Waals surface area contributed by atoms with E-state index in [1.165, 1.54) is 7.11 Å². The van der Waals surface area contributed by atoms with Gasteiger partial charge in [0.15, 0.2) is 6.29 Å². The van der Waals surface area contributed by atoms with Crippen LogP contribution in [0.3, 0.4) is 0 Å². The second kappa shape index (κ2) is 14.1. The van der Waals surface area contributed by atoms with E-state index >= 15 is 0 Å². The first-order valence-corrected chi connectivity index (χ1v) is 16.5. The third-order valence-electron chi connectivity index (χ3n) is 8.37. The zero-order valence-corrected chi connectivity index (χ0v) is 25.9. The van der Waals surface area contributed by atoms with E-state index < -0.39 is 70.4 Å². The van der Waals surface area contributed by atoms with Crippen molar-refractivity contribution in [1.82, 2.24) is 0 Å². The molecule has 4 rings (SSSR count). The standard InChI is InChI=1S/C31H46N2O8Si/c1-31(2,3)42(20-12-7-5-8-13-20,21-14-9-6-10-15-21)41-28-22(32)16-11-17-23(28)39-30-26(33)29(38-19-25(35)37-4)27(36)24(18-34)40-30/h5-10,12-15,22-24,26-30,34,36H,11,16-19,32-33H2,1-4H3/t22-,23+,24?,26?,27+,28+,29-,30?/m1/s1. The van der Waals surface area contributed by atoms with Gasteiger partial charge in [-0.05, 0) is 34.7 Å². The number of hydrogen-bond donors (Lipinski definition) is 4. The Balaban J connectivity index is 1.68. The maximum absolute atomic E-state index is 11.7. The molecule has 232 valence electrons. The Bertz CT molecular complexity index is 1100. The topological polar surface area (TPSA) is 156 Å². The molecule has 1 heterocycles. The van der Waals surface area contributed by atoms with Crippen LogP contribution in [0.1, 0.15) is 40.0 Å². The molecule has 3 unspecified atom stereocenters. The smallest absolute Gasteiger partial charge is 0.331 e. The van der Waals surface area contributed by atoms with Gasteiger partial charge in [0.05, 0.1) is 32.0 Å². The molecule has 1 aliphatic heterocycles. The lowest BCUT2D eigenvalue weighted by molar-refractivity contribution is -0.292. The molecule has 10 nitrogen and oxygen atoms in total. The van der Waals surface area contributed by atoms with Crippen LogP contribution in [0.25, 0.3) is 0 Å². The van der Waals surface area contributed by atoms with E-state index in [4.69, 9.17) is 30.1 Å². The zero-order chi connectivity index (χ0) is 30.5. The van der Waals surface area contributed by atoms with Gasteiger partial charge in [-0.2, -0.15) is 0 Å². The van der Waals surface area contributed by atoms with Gasteiger partial charge in [0.1, 0.15) is 24.9 Å². The molecule has 8 atom stereocenters. The first-order chi connectivity index (χ1) is 20.0. The first kappa shape index (κ1) is 32.7. The van der Waals surface area contributed by atoms with E-state index in [1.54, 1.807) is 0 Å². The molecule has 6 N–H and O–H groups in total. The summed E-state index contributed by atoms with van der Waals surface area (Å²) in [6.45, 7) is 5.73. The fourth-order valence-electron chi connectivity index (χ4n) is 6.18. The van der Waals surface area contributed by atoms with E-state index in [-0.39, 0.29) is 11.1 Å². The van der Waals surface area contributed by atoms with E-state index in [0.29, 0.717) is 6.42 Å². The number of aliphatic hydroxyl groups excluding tert-OH is 2. The number of hydrogen-bond acceptors (Lipinski definition) is 10. The van der Waals surface area contributed by atoms with Crippen LogP contribution < -0.4 is 21.8 Å². The second-order valence-corrected chi connectivity index (χ2v) is 16.4. The maximum Gasteiger partial charge on any atom is 0.331 e. The molecule has 2 aromatic rings. The number of carbonyl (C=O) groups is 1. The number of aliphatic hydroxyl groups is 2. The molecule has 1 aliphatic carbocycles. The van der Waals surface area contributed by atoms with Crippen molar-refractivity contribution in [3.8, 4) is 0 Å². The fourth-order valence-corrected chi connectivity index (χ4v) is 10.9. The largest absolute Gasteiger partial charge is 0.467 e. The molecule has 2 aromatic carbocycles. The summed E-state index contributed by atoms with van der Waals surface area (Å²) in [7, 11) is -1.72. The summed E-state index contributed by atoms with van der Waals surface area (Å²) >= 11 is 0. The molecule has 0 bridgehead atoms. The third kappa shape index (κ3) is 6.80. The van der Waals surface area contributed by atoms with Crippen LogP contribution in [0.4, 0.5) is 0 Å². The molecule has 0 spiro atoms. The van der Waals surface area contributed by atoms with Crippen LogP contribution in [0, 0.1) is 0 Å². The Morgan fingerprint density at radius 1 is 1.00 bits per heavy atom. The molecule has 2 aliphatic rings. The predicted molar refractivity (Wildman–Crippen MR) is 161 cm³/mol. The first-order valence-electron chi connectivity index (χ1n) is 14.6. The molecular formula is C31H46N2O8Si. The summed E-state index contributed by atoms with van der Waals surface area (Å²) < 4.78 is 30.2. The Morgan fingerprint density at radius 2 is 1.60 bits per heavy atom. The Hall–Kier alpha value is -2.19. The molecule has 0 aromatic heterocycles. The van der Waals surface area contributed by atoms with Crippen molar-refractivity contribution in [2.24, 2.45) is 11.5 Å².